The van der Waals surface area contributed by atoms with Crippen LogP contribution in [-0.2, 0) is 38.6 Å². The maximum atomic E-state index is 14.3. The van der Waals surface area contributed by atoms with Crippen LogP contribution < -0.4 is 25.4 Å². The highest BCUT2D eigenvalue weighted by atomic mass is 32.2. The minimum atomic E-state index is -3.94. The number of hydrogen-bond donors (Lipinski definition) is 4. The molecule has 5 atom stereocenters. The zero-order valence-corrected chi connectivity index (χ0v) is 31.8. The third-order valence-corrected chi connectivity index (χ3v) is 11.3. The summed E-state index contributed by atoms with van der Waals surface area (Å²) in [6.07, 6.45) is 2.73. The fourth-order valence-electron chi connectivity index (χ4n) is 6.50. The van der Waals surface area contributed by atoms with Crippen LogP contribution in [0.25, 0.3) is 0 Å². The molecule has 1 saturated heterocycles. The van der Waals surface area contributed by atoms with Crippen molar-refractivity contribution >= 4 is 45.6 Å². The first-order valence-corrected chi connectivity index (χ1v) is 19.9. The van der Waals surface area contributed by atoms with E-state index >= 15 is 0 Å². The van der Waals surface area contributed by atoms with E-state index in [9.17, 15) is 32.4 Å². The van der Waals surface area contributed by atoms with Crippen LogP contribution in [0.5, 0.6) is 11.5 Å². The lowest BCUT2D eigenvalue weighted by Crippen LogP contribution is -2.59. The van der Waals surface area contributed by atoms with Crippen LogP contribution in [0.3, 0.4) is 0 Å². The number of carbonyl (C=O) groups excluding carboxylic acids is 5. The first-order chi connectivity index (χ1) is 26.1. The molecule has 3 fully saturated rings. The highest BCUT2D eigenvalue weighted by Gasteiger charge is 2.62. The molecule has 4 aliphatic rings. The van der Waals surface area contributed by atoms with Crippen molar-refractivity contribution in [2.75, 3.05) is 25.1 Å². The molecule has 2 saturated carbocycles. The van der Waals surface area contributed by atoms with Gasteiger partial charge in [-0.2, -0.15) is 0 Å². The van der Waals surface area contributed by atoms with Crippen LogP contribution in [0.2, 0.25) is 0 Å². The van der Waals surface area contributed by atoms with Gasteiger partial charge in [0.15, 0.2) is 5.75 Å². The molecule has 0 aromatic heterocycles. The normalized spacial score (nSPS) is 26.4. The number of carbonyl (C=O) groups is 5. The molecule has 55 heavy (non-hydrogen) atoms. The Balaban J connectivity index is 1.24. The monoisotopic (exact) mass is 781 g/mol. The molecule has 296 valence electrons. The van der Waals surface area contributed by atoms with Gasteiger partial charge in [0.05, 0.1) is 24.1 Å². The summed E-state index contributed by atoms with van der Waals surface area (Å²) in [4.78, 5) is 69.5. The van der Waals surface area contributed by atoms with Crippen molar-refractivity contribution in [3.63, 3.8) is 0 Å². The van der Waals surface area contributed by atoms with E-state index in [0.717, 1.165) is 0 Å². The van der Waals surface area contributed by atoms with E-state index in [1.165, 1.54) is 4.90 Å². The van der Waals surface area contributed by atoms with E-state index in [-0.39, 0.29) is 32.6 Å². The second-order valence-electron chi connectivity index (χ2n) is 15.1. The van der Waals surface area contributed by atoms with Gasteiger partial charge in [-0.25, -0.2) is 18.0 Å². The van der Waals surface area contributed by atoms with Crippen molar-refractivity contribution < 1.29 is 51.3 Å². The molecule has 17 heteroatoms. The Morgan fingerprint density at radius 3 is 2.45 bits per heavy atom. The predicted octanol–water partition coefficient (Wildman–Crippen LogP) is 3.74. The van der Waals surface area contributed by atoms with E-state index in [1.54, 1.807) is 75.4 Å². The number of sulfonamides is 1. The molecule has 0 spiro atoms. The summed E-state index contributed by atoms with van der Waals surface area (Å²) in [7, 11) is -3.94. The van der Waals surface area contributed by atoms with E-state index in [4.69, 9.17) is 18.9 Å². The van der Waals surface area contributed by atoms with Crippen LogP contribution in [0.4, 0.5) is 15.3 Å². The van der Waals surface area contributed by atoms with Gasteiger partial charge >= 0.3 is 12.2 Å². The Morgan fingerprint density at radius 1 is 1.00 bits per heavy atom. The molecule has 5 amide bonds. The Bertz CT molecular complexity index is 1910. The van der Waals surface area contributed by atoms with Crippen molar-refractivity contribution in [2.24, 2.45) is 5.92 Å². The molecule has 2 heterocycles. The third-order valence-electron chi connectivity index (χ3n) is 9.48. The molecule has 2 aliphatic heterocycles. The number of hydrogen-bond acceptors (Lipinski definition) is 11. The maximum absolute atomic E-state index is 14.3. The molecule has 0 bridgehead atoms. The second kappa shape index (κ2) is 16.3. The van der Waals surface area contributed by atoms with Gasteiger partial charge in [0.1, 0.15) is 35.1 Å². The molecular weight excluding hydrogens is 735 g/mol. The number of fused-ring (bicyclic) bond motifs is 2. The van der Waals surface area contributed by atoms with Crippen LogP contribution in [0.1, 0.15) is 59.3 Å². The van der Waals surface area contributed by atoms with Crippen molar-refractivity contribution in [1.82, 2.24) is 20.3 Å². The van der Waals surface area contributed by atoms with Gasteiger partial charge in [0.25, 0.3) is 5.91 Å². The Labute approximate surface area is 319 Å². The number of para-hydroxylation sites is 3. The summed E-state index contributed by atoms with van der Waals surface area (Å²) in [5.74, 6) is -1.97. The van der Waals surface area contributed by atoms with Gasteiger partial charge in [-0.3, -0.25) is 24.4 Å². The fourth-order valence-corrected chi connectivity index (χ4v) is 7.86. The number of ether oxygens (including phenoxy) is 4. The number of allylic oxidation sites excluding steroid dienone is 1. The van der Waals surface area contributed by atoms with Crippen molar-refractivity contribution in [1.29, 1.82) is 0 Å². The van der Waals surface area contributed by atoms with Crippen LogP contribution in [-0.4, -0.2) is 97.6 Å². The number of anilines is 1. The molecule has 6 rings (SSSR count). The fraction of sp³-hybridized carbons (Fsp3) is 0.500. The van der Waals surface area contributed by atoms with Crippen LogP contribution >= 0.6 is 0 Å². The molecule has 4 N–H and O–H groups in total. The van der Waals surface area contributed by atoms with Gasteiger partial charge in [-0.15, -0.1) is 0 Å². The predicted molar refractivity (Wildman–Crippen MR) is 198 cm³/mol. The molecule has 3 unspecified atom stereocenters. The quantitative estimate of drug-likeness (QED) is 0.284. The number of rotatable bonds is 8. The standard InChI is InChI=1S/C38H47N5O11S/c1-37(2,3)54-36(48)40-29-23-51-19-11-5-6-12-24-21-38(24,34(46)42-55(49,50)27-17-18-27)41-32(44)30-20-26(22-43(30)33(29)45)53-35(47)39-28-15-9-10-16-31(28)52-25-13-7-4-8-14-25/h4,6-10,12-16,24,26-27,29-30H,5,11,17-23H2,1-3H3,(H,39,47)(H,40,48)(H,41,44)(H,42,46)/b12-6-/t24?,26-,29-,30?,38?/m1/s1. The summed E-state index contributed by atoms with van der Waals surface area (Å²) >= 11 is 0. The first kappa shape index (κ1) is 39.5. The second-order valence-corrected chi connectivity index (χ2v) is 17.1. The summed E-state index contributed by atoms with van der Waals surface area (Å²) < 4.78 is 50.6. The molecule has 2 aromatic rings. The molecular formula is C38H47N5O11S. The zero-order chi connectivity index (χ0) is 39.4. The maximum Gasteiger partial charge on any atom is 0.412 e. The van der Waals surface area contributed by atoms with Gasteiger partial charge < -0.3 is 34.5 Å². The van der Waals surface area contributed by atoms with E-state index in [0.29, 0.717) is 42.9 Å². The van der Waals surface area contributed by atoms with Crippen LogP contribution in [0, 0.1) is 5.92 Å². The number of benzene rings is 2. The van der Waals surface area contributed by atoms with E-state index in [1.807, 2.05) is 12.1 Å². The Morgan fingerprint density at radius 2 is 1.73 bits per heavy atom. The summed E-state index contributed by atoms with van der Waals surface area (Å²) in [5.41, 5.74) is -2.16. The van der Waals surface area contributed by atoms with Crippen molar-refractivity contribution in [3.05, 3.63) is 66.7 Å². The summed E-state index contributed by atoms with van der Waals surface area (Å²) in [5, 5.41) is 7.32. The van der Waals surface area contributed by atoms with Crippen LogP contribution in [0.15, 0.2) is 66.7 Å². The van der Waals surface area contributed by atoms with Crippen molar-refractivity contribution in [2.45, 2.75) is 93.9 Å². The number of nitrogens with one attached hydrogen (secondary N) is 4. The van der Waals surface area contributed by atoms with Gasteiger partial charge in [-0.05, 0) is 77.1 Å². The smallest absolute Gasteiger partial charge is 0.412 e. The molecule has 2 aliphatic carbocycles. The Hall–Kier alpha value is -5.16. The lowest BCUT2D eigenvalue weighted by atomic mass is 10.1. The first-order valence-electron chi connectivity index (χ1n) is 18.4. The topological polar surface area (TPSA) is 208 Å². The van der Waals surface area contributed by atoms with Gasteiger partial charge in [0, 0.05) is 18.9 Å². The number of nitrogens with zero attached hydrogens (tertiary/aromatic N) is 1. The largest absolute Gasteiger partial charge is 0.455 e. The van der Waals surface area contributed by atoms with E-state index < -0.39 is 80.4 Å². The summed E-state index contributed by atoms with van der Waals surface area (Å²) in [6, 6.07) is 13.1. The average molecular weight is 782 g/mol. The zero-order valence-electron chi connectivity index (χ0n) is 30.9. The lowest BCUT2D eigenvalue weighted by Gasteiger charge is -2.30. The molecule has 0 radical (unpaired) electrons. The highest BCUT2D eigenvalue weighted by molar-refractivity contribution is 7.91. The van der Waals surface area contributed by atoms with Gasteiger partial charge in [0.2, 0.25) is 21.8 Å². The minimum Gasteiger partial charge on any atom is -0.455 e. The SMILES string of the molecule is CC(C)(C)OC(=O)N[C@@H]1COCCC/C=C\C2CC2(C(=O)NS(=O)(=O)C2CC2)NC(=O)C2C[C@@H](OC(=O)Nc3ccccc3Oc3ccccc3)CN2C1=O. The van der Waals surface area contributed by atoms with Crippen molar-refractivity contribution in [3.8, 4) is 11.5 Å². The van der Waals surface area contributed by atoms with Gasteiger partial charge in [-0.1, -0.05) is 42.5 Å². The lowest BCUT2D eigenvalue weighted by molar-refractivity contribution is -0.142. The Kier molecular flexibility index (Phi) is 11.7. The minimum absolute atomic E-state index is 0.133. The average Bonchev–Trinajstić information content (AvgIpc) is 4.04. The number of amides is 5. The number of alkyl carbamates (subject to hydrolysis) is 1. The van der Waals surface area contributed by atoms with E-state index in [2.05, 4.69) is 20.7 Å². The molecule has 16 nitrogen and oxygen atoms in total. The third kappa shape index (κ3) is 10.1. The molecule has 2 aromatic carbocycles. The summed E-state index contributed by atoms with van der Waals surface area (Å²) in [6.45, 7) is 4.73. The highest BCUT2D eigenvalue weighted by Crippen LogP contribution is 2.46.